The molecule has 0 saturated heterocycles. The number of para-hydroxylation sites is 1. The SMILES string of the molecule is Cc1sc2nc(C(C)NCCc3c[nH]c4ccccc34)[nH]c(=O)c2c1C. The van der Waals surface area contributed by atoms with Crippen molar-refractivity contribution in [2.75, 3.05) is 6.54 Å². The van der Waals surface area contributed by atoms with Gasteiger partial charge in [-0.2, -0.15) is 0 Å². The van der Waals surface area contributed by atoms with E-state index in [1.807, 2.05) is 26.8 Å². The Morgan fingerprint density at radius 2 is 2.08 bits per heavy atom. The van der Waals surface area contributed by atoms with Crippen LogP contribution in [-0.2, 0) is 6.42 Å². The second kappa shape index (κ2) is 6.70. The van der Waals surface area contributed by atoms with E-state index in [-0.39, 0.29) is 11.6 Å². The van der Waals surface area contributed by atoms with E-state index in [2.05, 4.69) is 44.7 Å². The van der Waals surface area contributed by atoms with Crippen molar-refractivity contribution >= 4 is 32.5 Å². The number of aromatic amines is 2. The molecule has 134 valence electrons. The first-order valence-corrected chi connectivity index (χ1v) is 9.64. The average molecular weight is 366 g/mol. The molecule has 1 aromatic carbocycles. The van der Waals surface area contributed by atoms with Crippen LogP contribution in [0.2, 0.25) is 0 Å². The molecule has 0 spiro atoms. The summed E-state index contributed by atoms with van der Waals surface area (Å²) < 4.78 is 0. The summed E-state index contributed by atoms with van der Waals surface area (Å²) in [4.78, 5) is 25.3. The Bertz CT molecular complexity index is 1140. The van der Waals surface area contributed by atoms with Crippen molar-refractivity contribution in [1.29, 1.82) is 0 Å². The first-order valence-electron chi connectivity index (χ1n) is 8.83. The number of H-pyrrole nitrogens is 2. The Morgan fingerprint density at radius 1 is 1.27 bits per heavy atom. The van der Waals surface area contributed by atoms with Crippen molar-refractivity contribution in [2.45, 2.75) is 33.2 Å². The predicted molar refractivity (Wildman–Crippen MR) is 108 cm³/mol. The first-order chi connectivity index (χ1) is 12.5. The number of hydrogen-bond acceptors (Lipinski definition) is 4. The largest absolute Gasteiger partial charge is 0.361 e. The highest BCUT2D eigenvalue weighted by atomic mass is 32.1. The van der Waals surface area contributed by atoms with Gasteiger partial charge in [0.05, 0.1) is 11.4 Å². The van der Waals surface area contributed by atoms with Crippen molar-refractivity contribution in [3.63, 3.8) is 0 Å². The first kappa shape index (κ1) is 17.0. The molecule has 4 rings (SSSR count). The number of fused-ring (bicyclic) bond motifs is 2. The van der Waals surface area contributed by atoms with E-state index >= 15 is 0 Å². The van der Waals surface area contributed by atoms with Crippen molar-refractivity contribution in [2.24, 2.45) is 0 Å². The van der Waals surface area contributed by atoms with Crippen LogP contribution in [0.4, 0.5) is 0 Å². The Balaban J connectivity index is 1.49. The van der Waals surface area contributed by atoms with Crippen molar-refractivity contribution in [1.82, 2.24) is 20.3 Å². The summed E-state index contributed by atoms with van der Waals surface area (Å²) in [6, 6.07) is 8.31. The normalized spacial score (nSPS) is 12.9. The van der Waals surface area contributed by atoms with Crippen molar-refractivity contribution in [3.05, 3.63) is 62.6 Å². The second-order valence-corrected chi connectivity index (χ2v) is 7.90. The lowest BCUT2D eigenvalue weighted by molar-refractivity contribution is 0.550. The minimum absolute atomic E-state index is 0.0139. The van der Waals surface area contributed by atoms with E-state index in [1.54, 1.807) is 11.3 Å². The summed E-state index contributed by atoms with van der Waals surface area (Å²) in [5.41, 5.74) is 3.44. The van der Waals surface area contributed by atoms with Gasteiger partial charge in [-0.1, -0.05) is 18.2 Å². The Hall–Kier alpha value is -2.44. The molecule has 0 aliphatic carbocycles. The number of rotatable bonds is 5. The number of nitrogens with one attached hydrogen (secondary N) is 3. The molecule has 0 radical (unpaired) electrons. The number of benzene rings is 1. The number of aryl methyl sites for hydroxylation is 2. The summed E-state index contributed by atoms with van der Waals surface area (Å²) in [5, 5.41) is 5.46. The third-order valence-electron chi connectivity index (χ3n) is 4.99. The van der Waals surface area contributed by atoms with Crippen LogP contribution in [0.25, 0.3) is 21.1 Å². The molecule has 0 aliphatic heterocycles. The molecule has 1 atom stereocenters. The molecule has 0 bridgehead atoms. The molecule has 5 nitrogen and oxygen atoms in total. The van der Waals surface area contributed by atoms with Crippen LogP contribution in [0.3, 0.4) is 0 Å². The molecule has 6 heteroatoms. The third kappa shape index (κ3) is 2.95. The second-order valence-electron chi connectivity index (χ2n) is 6.70. The Labute approximate surface area is 155 Å². The molecule has 0 fully saturated rings. The van der Waals surface area contributed by atoms with Crippen molar-refractivity contribution < 1.29 is 0 Å². The molecular formula is C20H22N4OS. The lowest BCUT2D eigenvalue weighted by Gasteiger charge is -2.13. The van der Waals surface area contributed by atoms with Gasteiger partial charge < -0.3 is 15.3 Å². The smallest absolute Gasteiger partial charge is 0.259 e. The predicted octanol–water partition coefficient (Wildman–Crippen LogP) is 3.98. The van der Waals surface area contributed by atoms with E-state index in [1.165, 1.54) is 10.9 Å². The van der Waals surface area contributed by atoms with Gasteiger partial charge in [-0.15, -0.1) is 11.3 Å². The van der Waals surface area contributed by atoms with Gasteiger partial charge in [0.1, 0.15) is 10.7 Å². The fourth-order valence-electron chi connectivity index (χ4n) is 3.33. The van der Waals surface area contributed by atoms with Gasteiger partial charge in [-0.3, -0.25) is 4.79 Å². The van der Waals surface area contributed by atoms with Crippen LogP contribution in [0.5, 0.6) is 0 Å². The zero-order valence-corrected chi connectivity index (χ0v) is 16.0. The van der Waals surface area contributed by atoms with Gasteiger partial charge in [0.15, 0.2) is 0 Å². The van der Waals surface area contributed by atoms with Gasteiger partial charge in [0.2, 0.25) is 0 Å². The molecule has 3 N–H and O–H groups in total. The van der Waals surface area contributed by atoms with Crippen LogP contribution in [0, 0.1) is 13.8 Å². The van der Waals surface area contributed by atoms with Gasteiger partial charge in [-0.05, 0) is 50.9 Å². The molecule has 3 aromatic heterocycles. The minimum atomic E-state index is -0.0443. The Kier molecular flexibility index (Phi) is 4.38. The quantitative estimate of drug-likeness (QED) is 0.500. The zero-order valence-electron chi connectivity index (χ0n) is 15.1. The lowest BCUT2D eigenvalue weighted by Crippen LogP contribution is -2.25. The number of nitrogens with zero attached hydrogens (tertiary/aromatic N) is 1. The molecule has 26 heavy (non-hydrogen) atoms. The van der Waals surface area contributed by atoms with E-state index in [0.717, 1.165) is 39.1 Å². The van der Waals surface area contributed by atoms with E-state index in [4.69, 9.17) is 0 Å². The maximum Gasteiger partial charge on any atom is 0.259 e. The molecule has 0 amide bonds. The molecule has 4 aromatic rings. The highest BCUT2D eigenvalue weighted by Gasteiger charge is 2.15. The maximum absolute atomic E-state index is 12.4. The lowest BCUT2D eigenvalue weighted by atomic mass is 10.1. The van der Waals surface area contributed by atoms with Crippen LogP contribution < -0.4 is 10.9 Å². The van der Waals surface area contributed by atoms with Crippen LogP contribution in [0.15, 0.2) is 35.3 Å². The summed E-state index contributed by atoms with van der Waals surface area (Å²) in [6.45, 7) is 6.86. The zero-order chi connectivity index (χ0) is 18.3. The molecule has 0 saturated carbocycles. The van der Waals surface area contributed by atoms with Gasteiger partial charge >= 0.3 is 0 Å². The highest BCUT2D eigenvalue weighted by molar-refractivity contribution is 7.18. The molecular weight excluding hydrogens is 344 g/mol. The van der Waals surface area contributed by atoms with E-state index in [9.17, 15) is 4.79 Å². The van der Waals surface area contributed by atoms with Gasteiger partial charge in [0.25, 0.3) is 5.56 Å². The highest BCUT2D eigenvalue weighted by Crippen LogP contribution is 2.26. The average Bonchev–Trinajstić information content (AvgIpc) is 3.16. The van der Waals surface area contributed by atoms with Gasteiger partial charge in [-0.25, -0.2) is 4.98 Å². The summed E-state index contributed by atoms with van der Waals surface area (Å²) in [5.74, 6) is 0.697. The third-order valence-corrected chi connectivity index (χ3v) is 6.09. The monoisotopic (exact) mass is 366 g/mol. The van der Waals surface area contributed by atoms with Crippen molar-refractivity contribution in [3.8, 4) is 0 Å². The molecule has 3 heterocycles. The standard InChI is InChI=1S/C20H22N4OS/c1-11-13(3)26-20-17(11)19(25)23-18(24-20)12(2)21-9-8-14-10-22-16-7-5-4-6-15(14)16/h4-7,10,12,21-22H,8-9H2,1-3H3,(H,23,24,25). The fourth-order valence-corrected chi connectivity index (χ4v) is 4.37. The maximum atomic E-state index is 12.4. The Morgan fingerprint density at radius 3 is 2.92 bits per heavy atom. The van der Waals surface area contributed by atoms with Crippen LogP contribution >= 0.6 is 11.3 Å². The topological polar surface area (TPSA) is 73.6 Å². The summed E-state index contributed by atoms with van der Waals surface area (Å²) >= 11 is 1.58. The van der Waals surface area contributed by atoms with E-state index < -0.39 is 0 Å². The number of aromatic nitrogens is 3. The van der Waals surface area contributed by atoms with Crippen LogP contribution in [-0.4, -0.2) is 21.5 Å². The number of thiophene rings is 1. The van der Waals surface area contributed by atoms with Crippen LogP contribution in [0.1, 0.15) is 34.8 Å². The number of hydrogen-bond donors (Lipinski definition) is 3. The summed E-state index contributed by atoms with van der Waals surface area (Å²) in [7, 11) is 0. The fraction of sp³-hybridized carbons (Fsp3) is 0.300. The molecule has 0 aliphatic rings. The minimum Gasteiger partial charge on any atom is -0.361 e. The summed E-state index contributed by atoms with van der Waals surface area (Å²) in [6.07, 6.45) is 2.98. The van der Waals surface area contributed by atoms with Gasteiger partial charge in [0, 0.05) is 22.0 Å². The molecule has 1 unspecified atom stereocenters. The van der Waals surface area contributed by atoms with E-state index in [0.29, 0.717) is 5.82 Å².